The molecule has 34 heavy (non-hydrogen) atoms. The predicted molar refractivity (Wildman–Crippen MR) is 122 cm³/mol. The van der Waals surface area contributed by atoms with E-state index in [4.69, 9.17) is 4.42 Å². The molecule has 174 valence electrons. The van der Waals surface area contributed by atoms with Crippen LogP contribution < -0.4 is 15.6 Å². The third-order valence-corrected chi connectivity index (χ3v) is 6.39. The molecule has 4 rings (SSSR count). The van der Waals surface area contributed by atoms with Crippen LogP contribution in [0.2, 0.25) is 0 Å². The van der Waals surface area contributed by atoms with Crippen molar-refractivity contribution in [1.82, 2.24) is 20.6 Å². The SMILES string of the molecule is CCNS(=O)(=O)c1ccc(F)c(C(=O)NNC(=O)c2cc(-c3ccco3)nc3ccccc23)c1. The molecule has 0 saturated heterocycles. The highest BCUT2D eigenvalue weighted by atomic mass is 32.2. The second-order valence-electron chi connectivity index (χ2n) is 7.10. The standard InChI is InChI=1S/C23H19FN4O5S/c1-2-25-34(31,32)14-9-10-18(24)17(12-14)23(30)28-27-22(29)16-13-20(21-8-5-11-33-21)26-19-7-4-3-6-15(16)19/h3-13,25H,2H2,1H3,(H,27,29)(H,28,30). The number of furan rings is 1. The maximum absolute atomic E-state index is 14.3. The highest BCUT2D eigenvalue weighted by Crippen LogP contribution is 2.25. The van der Waals surface area contributed by atoms with Gasteiger partial charge in [0.2, 0.25) is 10.0 Å². The summed E-state index contributed by atoms with van der Waals surface area (Å²) in [6.45, 7) is 1.71. The summed E-state index contributed by atoms with van der Waals surface area (Å²) in [4.78, 5) is 29.7. The Balaban J connectivity index is 1.60. The van der Waals surface area contributed by atoms with Crippen molar-refractivity contribution in [3.05, 3.63) is 83.9 Å². The van der Waals surface area contributed by atoms with Crippen LogP contribution in [0.15, 0.2) is 76.2 Å². The molecule has 2 aromatic carbocycles. The van der Waals surface area contributed by atoms with Gasteiger partial charge in [-0.1, -0.05) is 25.1 Å². The zero-order valence-corrected chi connectivity index (χ0v) is 18.6. The number of hydrogen-bond acceptors (Lipinski definition) is 6. The minimum atomic E-state index is -3.91. The van der Waals surface area contributed by atoms with E-state index < -0.39 is 33.2 Å². The van der Waals surface area contributed by atoms with Gasteiger partial charge in [-0.15, -0.1) is 0 Å². The van der Waals surface area contributed by atoms with E-state index in [0.717, 1.165) is 18.2 Å². The molecule has 9 nitrogen and oxygen atoms in total. The molecule has 11 heteroatoms. The lowest BCUT2D eigenvalue weighted by Crippen LogP contribution is -2.42. The van der Waals surface area contributed by atoms with Crippen LogP contribution in [0.3, 0.4) is 0 Å². The van der Waals surface area contributed by atoms with Gasteiger partial charge in [-0.3, -0.25) is 20.4 Å². The zero-order chi connectivity index (χ0) is 24.3. The first-order chi connectivity index (χ1) is 16.3. The minimum Gasteiger partial charge on any atom is -0.463 e. The number of sulfonamides is 1. The van der Waals surface area contributed by atoms with Crippen LogP contribution in [0.5, 0.6) is 0 Å². The van der Waals surface area contributed by atoms with Crippen LogP contribution in [-0.2, 0) is 10.0 Å². The number of carbonyl (C=O) groups excluding carboxylic acids is 2. The Labute approximate surface area is 194 Å². The number of hydrogen-bond donors (Lipinski definition) is 3. The van der Waals surface area contributed by atoms with Gasteiger partial charge in [-0.05, 0) is 42.5 Å². The first-order valence-corrected chi connectivity index (χ1v) is 11.6. The fourth-order valence-electron chi connectivity index (χ4n) is 3.28. The lowest BCUT2D eigenvalue weighted by atomic mass is 10.1. The summed E-state index contributed by atoms with van der Waals surface area (Å²) in [6.07, 6.45) is 1.48. The number of nitrogens with one attached hydrogen (secondary N) is 3. The maximum Gasteiger partial charge on any atom is 0.272 e. The molecule has 0 aliphatic rings. The van der Waals surface area contributed by atoms with Crippen LogP contribution in [0.1, 0.15) is 27.6 Å². The summed E-state index contributed by atoms with van der Waals surface area (Å²) in [6, 6.07) is 14.6. The van der Waals surface area contributed by atoms with E-state index in [1.54, 1.807) is 43.3 Å². The van der Waals surface area contributed by atoms with E-state index in [1.165, 1.54) is 12.3 Å². The molecule has 2 amide bonds. The molecule has 0 aliphatic heterocycles. The highest BCUT2D eigenvalue weighted by molar-refractivity contribution is 7.89. The molecule has 4 aromatic rings. The van der Waals surface area contributed by atoms with Gasteiger partial charge in [0.25, 0.3) is 11.8 Å². The van der Waals surface area contributed by atoms with E-state index in [0.29, 0.717) is 22.4 Å². The van der Waals surface area contributed by atoms with Crippen LogP contribution in [-0.4, -0.2) is 31.8 Å². The Bertz CT molecular complexity index is 1490. The van der Waals surface area contributed by atoms with Crippen molar-refractivity contribution in [2.45, 2.75) is 11.8 Å². The number of para-hydroxylation sites is 1. The van der Waals surface area contributed by atoms with Crippen molar-refractivity contribution in [3.8, 4) is 11.5 Å². The number of pyridine rings is 1. The fourth-order valence-corrected chi connectivity index (χ4v) is 4.35. The molecule has 3 N–H and O–H groups in total. The number of carbonyl (C=O) groups is 2. The van der Waals surface area contributed by atoms with Gasteiger partial charge in [-0.2, -0.15) is 0 Å². The fraction of sp³-hybridized carbons (Fsp3) is 0.0870. The van der Waals surface area contributed by atoms with Crippen LogP contribution in [0.25, 0.3) is 22.4 Å². The van der Waals surface area contributed by atoms with Crippen molar-refractivity contribution in [2.75, 3.05) is 6.54 Å². The number of aromatic nitrogens is 1. The van der Waals surface area contributed by atoms with Gasteiger partial charge >= 0.3 is 0 Å². The zero-order valence-electron chi connectivity index (χ0n) is 17.8. The third-order valence-electron chi connectivity index (χ3n) is 4.85. The summed E-state index contributed by atoms with van der Waals surface area (Å²) in [5.74, 6) is -2.21. The van der Waals surface area contributed by atoms with Crippen molar-refractivity contribution in [2.24, 2.45) is 0 Å². The van der Waals surface area contributed by atoms with Crippen molar-refractivity contribution < 1.29 is 26.8 Å². The Hall–Kier alpha value is -4.09. The molecule has 0 bridgehead atoms. The normalized spacial score (nSPS) is 11.4. The molecular formula is C23H19FN4O5S. The predicted octanol–water partition coefficient (Wildman–Crippen LogP) is 3.01. The van der Waals surface area contributed by atoms with E-state index in [9.17, 15) is 22.4 Å². The van der Waals surface area contributed by atoms with Crippen LogP contribution in [0.4, 0.5) is 4.39 Å². The first kappa shape index (κ1) is 23.1. The minimum absolute atomic E-state index is 0.122. The van der Waals surface area contributed by atoms with Gasteiger partial charge in [0, 0.05) is 11.9 Å². The number of halogens is 1. The van der Waals surface area contributed by atoms with Crippen LogP contribution in [0, 0.1) is 5.82 Å². The number of nitrogens with zero attached hydrogens (tertiary/aromatic N) is 1. The number of hydrazine groups is 1. The molecule has 0 spiro atoms. The topological polar surface area (TPSA) is 130 Å². The van der Waals surface area contributed by atoms with Gasteiger partial charge in [0.05, 0.1) is 27.8 Å². The largest absolute Gasteiger partial charge is 0.463 e. The molecule has 0 radical (unpaired) electrons. The summed E-state index contributed by atoms with van der Waals surface area (Å²) in [7, 11) is -3.91. The second kappa shape index (κ2) is 9.41. The second-order valence-corrected chi connectivity index (χ2v) is 8.87. The molecule has 0 atom stereocenters. The first-order valence-electron chi connectivity index (χ1n) is 10.1. The molecule has 0 fully saturated rings. The highest BCUT2D eigenvalue weighted by Gasteiger charge is 2.20. The number of amides is 2. The lowest BCUT2D eigenvalue weighted by Gasteiger charge is -2.12. The van der Waals surface area contributed by atoms with Gasteiger partial charge in [0.1, 0.15) is 11.5 Å². The summed E-state index contributed by atoms with van der Waals surface area (Å²) < 4.78 is 46.2. The Morgan fingerprint density at radius 3 is 2.41 bits per heavy atom. The third kappa shape index (κ3) is 4.65. The lowest BCUT2D eigenvalue weighted by molar-refractivity contribution is 0.0845. The number of fused-ring (bicyclic) bond motifs is 1. The number of rotatable bonds is 6. The summed E-state index contributed by atoms with van der Waals surface area (Å²) in [5.41, 5.74) is 4.96. The van der Waals surface area contributed by atoms with E-state index >= 15 is 0 Å². The molecule has 0 unspecified atom stereocenters. The van der Waals surface area contributed by atoms with Gasteiger partial charge in [0.15, 0.2) is 5.76 Å². The monoisotopic (exact) mass is 482 g/mol. The van der Waals surface area contributed by atoms with Crippen molar-refractivity contribution in [3.63, 3.8) is 0 Å². The Morgan fingerprint density at radius 1 is 0.971 bits per heavy atom. The number of benzene rings is 2. The maximum atomic E-state index is 14.3. The average molecular weight is 482 g/mol. The molecule has 0 saturated carbocycles. The van der Waals surface area contributed by atoms with Gasteiger partial charge < -0.3 is 4.42 Å². The molecule has 2 heterocycles. The van der Waals surface area contributed by atoms with E-state index in [2.05, 4.69) is 20.6 Å². The van der Waals surface area contributed by atoms with E-state index in [1.807, 2.05) is 0 Å². The Kier molecular flexibility index (Phi) is 6.39. The summed E-state index contributed by atoms with van der Waals surface area (Å²) in [5, 5.41) is 0.523. The van der Waals surface area contributed by atoms with Crippen LogP contribution >= 0.6 is 0 Å². The summed E-state index contributed by atoms with van der Waals surface area (Å²) >= 11 is 0. The van der Waals surface area contributed by atoms with Gasteiger partial charge in [-0.25, -0.2) is 22.5 Å². The quantitative estimate of drug-likeness (QED) is 0.362. The van der Waals surface area contributed by atoms with Crippen molar-refractivity contribution >= 4 is 32.7 Å². The van der Waals surface area contributed by atoms with E-state index in [-0.39, 0.29) is 17.0 Å². The van der Waals surface area contributed by atoms with Crippen molar-refractivity contribution in [1.29, 1.82) is 0 Å². The molecular weight excluding hydrogens is 463 g/mol. The smallest absolute Gasteiger partial charge is 0.272 e. The Morgan fingerprint density at radius 2 is 1.71 bits per heavy atom. The average Bonchev–Trinajstić information content (AvgIpc) is 3.37. The molecule has 2 aromatic heterocycles. The molecule has 0 aliphatic carbocycles.